The molecule has 0 saturated carbocycles. The van der Waals surface area contributed by atoms with Crippen LogP contribution in [0.2, 0.25) is 0 Å². The van der Waals surface area contributed by atoms with Crippen LogP contribution < -0.4 is 5.32 Å². The van der Waals surface area contributed by atoms with Gasteiger partial charge in [-0.05, 0) is 38.0 Å². The molecule has 1 saturated heterocycles. The van der Waals surface area contributed by atoms with E-state index in [-0.39, 0.29) is 17.7 Å². The van der Waals surface area contributed by atoms with Gasteiger partial charge < -0.3 is 10.2 Å². The average Bonchev–Trinajstić information content (AvgIpc) is 2.97. The molecule has 0 aromatic heterocycles. The van der Waals surface area contributed by atoms with E-state index in [2.05, 4.69) is 24.4 Å². The number of carbonyl (C=O) groups is 2. The van der Waals surface area contributed by atoms with Crippen LogP contribution in [0.25, 0.3) is 0 Å². The second kappa shape index (κ2) is 7.46. The van der Waals surface area contributed by atoms with Crippen LogP contribution >= 0.6 is 0 Å². The molecule has 112 valence electrons. The van der Waals surface area contributed by atoms with Crippen molar-refractivity contribution in [3.63, 3.8) is 0 Å². The number of carbonyl (C=O) groups excluding carboxylic acids is 2. The number of likely N-dealkylation sites (tertiary alicyclic amines) is 1. The van der Waals surface area contributed by atoms with Crippen LogP contribution in [0, 0.1) is 11.8 Å². The van der Waals surface area contributed by atoms with E-state index in [0.717, 1.165) is 51.7 Å². The van der Waals surface area contributed by atoms with Crippen LogP contribution in [0.1, 0.15) is 45.4 Å². The van der Waals surface area contributed by atoms with E-state index in [1.165, 1.54) is 0 Å². The van der Waals surface area contributed by atoms with Crippen molar-refractivity contribution in [3.8, 4) is 0 Å². The standard InChI is InChI=1S/C16H26N2O2/c1-2-9-17-16(20)14-7-10-18(11-8-14)15(19)12-13-5-3-4-6-13/h3,5,13-14H,2,4,6-12H2,1H3,(H,17,20). The van der Waals surface area contributed by atoms with Crippen LogP contribution in [-0.2, 0) is 9.59 Å². The Bertz CT molecular complexity index is 371. The lowest BCUT2D eigenvalue weighted by Crippen LogP contribution is -2.43. The molecule has 1 unspecified atom stereocenters. The molecular weight excluding hydrogens is 252 g/mol. The maximum atomic E-state index is 12.2. The van der Waals surface area contributed by atoms with E-state index in [1.807, 2.05) is 4.90 Å². The van der Waals surface area contributed by atoms with Gasteiger partial charge in [-0.3, -0.25) is 9.59 Å². The number of rotatable bonds is 5. The van der Waals surface area contributed by atoms with Crippen LogP contribution in [-0.4, -0.2) is 36.3 Å². The molecule has 2 rings (SSSR count). The van der Waals surface area contributed by atoms with E-state index >= 15 is 0 Å². The van der Waals surface area contributed by atoms with Crippen LogP contribution in [0.5, 0.6) is 0 Å². The van der Waals surface area contributed by atoms with Crippen molar-refractivity contribution in [2.45, 2.75) is 45.4 Å². The Balaban J connectivity index is 1.71. The minimum Gasteiger partial charge on any atom is -0.356 e. The van der Waals surface area contributed by atoms with Gasteiger partial charge in [0.1, 0.15) is 0 Å². The summed E-state index contributed by atoms with van der Waals surface area (Å²) in [6.45, 7) is 4.28. The summed E-state index contributed by atoms with van der Waals surface area (Å²) < 4.78 is 0. The number of allylic oxidation sites excluding steroid dienone is 2. The highest BCUT2D eigenvalue weighted by Gasteiger charge is 2.27. The van der Waals surface area contributed by atoms with Crippen LogP contribution in [0.4, 0.5) is 0 Å². The summed E-state index contributed by atoms with van der Waals surface area (Å²) in [5.74, 6) is 0.955. The Kier molecular flexibility index (Phi) is 5.62. The Hall–Kier alpha value is -1.32. The Morgan fingerprint density at radius 3 is 2.60 bits per heavy atom. The molecular formula is C16H26N2O2. The van der Waals surface area contributed by atoms with Gasteiger partial charge in [-0.25, -0.2) is 0 Å². The molecule has 0 radical (unpaired) electrons. The van der Waals surface area contributed by atoms with Crippen molar-refractivity contribution in [2.75, 3.05) is 19.6 Å². The third kappa shape index (κ3) is 4.09. The third-order valence-electron chi connectivity index (χ3n) is 4.32. The molecule has 1 fully saturated rings. The first-order valence-corrected chi connectivity index (χ1v) is 7.93. The first-order chi connectivity index (χ1) is 9.70. The summed E-state index contributed by atoms with van der Waals surface area (Å²) in [6.07, 6.45) is 9.79. The average molecular weight is 278 g/mol. The number of piperidine rings is 1. The van der Waals surface area contributed by atoms with Gasteiger partial charge in [0.2, 0.25) is 11.8 Å². The maximum Gasteiger partial charge on any atom is 0.223 e. The zero-order valence-electron chi connectivity index (χ0n) is 12.4. The lowest BCUT2D eigenvalue weighted by atomic mass is 9.95. The van der Waals surface area contributed by atoms with Gasteiger partial charge in [0.15, 0.2) is 0 Å². The Morgan fingerprint density at radius 2 is 2.00 bits per heavy atom. The predicted molar refractivity (Wildman–Crippen MR) is 79.1 cm³/mol. The molecule has 1 aliphatic heterocycles. The van der Waals surface area contributed by atoms with Gasteiger partial charge in [0.25, 0.3) is 0 Å². The van der Waals surface area contributed by atoms with E-state index in [9.17, 15) is 9.59 Å². The highest BCUT2D eigenvalue weighted by Crippen LogP contribution is 2.23. The Morgan fingerprint density at radius 1 is 1.25 bits per heavy atom. The first-order valence-electron chi connectivity index (χ1n) is 7.93. The molecule has 0 aromatic rings. The third-order valence-corrected chi connectivity index (χ3v) is 4.32. The fourth-order valence-corrected chi connectivity index (χ4v) is 3.00. The van der Waals surface area contributed by atoms with Crippen molar-refractivity contribution < 1.29 is 9.59 Å². The molecule has 4 nitrogen and oxygen atoms in total. The quantitative estimate of drug-likeness (QED) is 0.783. The number of hydrogen-bond donors (Lipinski definition) is 1. The first kappa shape index (κ1) is 15.1. The fraction of sp³-hybridized carbons (Fsp3) is 0.750. The Labute approximate surface area is 121 Å². The summed E-state index contributed by atoms with van der Waals surface area (Å²) >= 11 is 0. The summed E-state index contributed by atoms with van der Waals surface area (Å²) in [7, 11) is 0. The molecule has 2 aliphatic rings. The molecule has 1 atom stereocenters. The maximum absolute atomic E-state index is 12.2. The van der Waals surface area contributed by atoms with E-state index in [0.29, 0.717) is 12.3 Å². The SMILES string of the molecule is CCCNC(=O)C1CCN(C(=O)CC2C=CCC2)CC1. The second-order valence-electron chi connectivity index (χ2n) is 5.92. The fourth-order valence-electron chi connectivity index (χ4n) is 3.00. The summed E-state index contributed by atoms with van der Waals surface area (Å²) in [4.78, 5) is 26.0. The molecule has 1 aliphatic carbocycles. The van der Waals surface area contributed by atoms with Gasteiger partial charge in [0, 0.05) is 32.0 Å². The molecule has 0 bridgehead atoms. The minimum atomic E-state index is 0.0944. The van der Waals surface area contributed by atoms with E-state index in [4.69, 9.17) is 0 Å². The zero-order valence-corrected chi connectivity index (χ0v) is 12.4. The zero-order chi connectivity index (χ0) is 14.4. The molecule has 0 aromatic carbocycles. The predicted octanol–water partition coefficient (Wildman–Crippen LogP) is 2.11. The monoisotopic (exact) mass is 278 g/mol. The smallest absolute Gasteiger partial charge is 0.223 e. The van der Waals surface area contributed by atoms with Crippen molar-refractivity contribution in [3.05, 3.63) is 12.2 Å². The topological polar surface area (TPSA) is 49.4 Å². The van der Waals surface area contributed by atoms with Crippen molar-refractivity contribution in [1.29, 1.82) is 0 Å². The second-order valence-corrected chi connectivity index (χ2v) is 5.92. The highest BCUT2D eigenvalue weighted by atomic mass is 16.2. The lowest BCUT2D eigenvalue weighted by molar-refractivity contribution is -0.136. The van der Waals surface area contributed by atoms with Crippen molar-refractivity contribution >= 4 is 11.8 Å². The number of nitrogens with one attached hydrogen (secondary N) is 1. The summed E-state index contributed by atoms with van der Waals surface area (Å²) in [5.41, 5.74) is 0. The van der Waals surface area contributed by atoms with Crippen molar-refractivity contribution in [1.82, 2.24) is 10.2 Å². The number of nitrogens with zero attached hydrogens (tertiary/aromatic N) is 1. The van der Waals surface area contributed by atoms with Gasteiger partial charge in [-0.15, -0.1) is 0 Å². The molecule has 20 heavy (non-hydrogen) atoms. The normalized spacial score (nSPS) is 23.1. The van der Waals surface area contributed by atoms with Crippen LogP contribution in [0.3, 0.4) is 0 Å². The number of hydrogen-bond acceptors (Lipinski definition) is 2. The molecule has 1 heterocycles. The molecule has 0 spiro atoms. The highest BCUT2D eigenvalue weighted by molar-refractivity contribution is 5.80. The van der Waals surface area contributed by atoms with Gasteiger partial charge >= 0.3 is 0 Å². The summed E-state index contributed by atoms with van der Waals surface area (Å²) in [5, 5.41) is 2.95. The molecule has 4 heteroatoms. The van der Waals surface area contributed by atoms with Crippen molar-refractivity contribution in [2.24, 2.45) is 11.8 Å². The number of amides is 2. The summed E-state index contributed by atoms with van der Waals surface area (Å²) in [6, 6.07) is 0. The lowest BCUT2D eigenvalue weighted by Gasteiger charge is -2.32. The van der Waals surface area contributed by atoms with E-state index in [1.54, 1.807) is 0 Å². The van der Waals surface area contributed by atoms with Gasteiger partial charge in [-0.2, -0.15) is 0 Å². The van der Waals surface area contributed by atoms with Gasteiger partial charge in [-0.1, -0.05) is 19.1 Å². The van der Waals surface area contributed by atoms with Crippen LogP contribution in [0.15, 0.2) is 12.2 Å². The van der Waals surface area contributed by atoms with E-state index < -0.39 is 0 Å². The largest absolute Gasteiger partial charge is 0.356 e. The minimum absolute atomic E-state index is 0.0944. The van der Waals surface area contributed by atoms with Gasteiger partial charge in [0.05, 0.1) is 0 Å². The molecule has 1 N–H and O–H groups in total. The molecule has 2 amide bonds.